The Bertz CT molecular complexity index is 3500. The van der Waals surface area contributed by atoms with Gasteiger partial charge in [-0.2, -0.15) is 0 Å². The van der Waals surface area contributed by atoms with Gasteiger partial charge in [0.1, 0.15) is 60.0 Å². The van der Waals surface area contributed by atoms with Crippen LogP contribution in [0, 0.1) is 33.5 Å². The molecule has 97 heavy (non-hydrogen) atoms. The molecule has 25 heteroatoms. The summed E-state index contributed by atoms with van der Waals surface area (Å²) in [5.41, 5.74) is -11.5. The van der Waals surface area contributed by atoms with E-state index in [1.165, 1.54) is 53.7 Å². The zero-order chi connectivity index (χ0) is 72.3. The lowest BCUT2D eigenvalue weighted by Crippen LogP contribution is -2.83. The summed E-state index contributed by atoms with van der Waals surface area (Å²) in [5.74, 6) is -8.12. The summed E-state index contributed by atoms with van der Waals surface area (Å²) in [6.45, 7) is 30.9. The average molecular weight is 1380 g/mol. The number of hydrogen-bond donors (Lipinski definition) is 5. The van der Waals surface area contributed by atoms with Crippen LogP contribution in [-0.4, -0.2) is 190 Å². The van der Waals surface area contributed by atoms with Crippen molar-refractivity contribution in [1.29, 1.82) is 0 Å². The highest BCUT2D eigenvalue weighted by molar-refractivity contribution is 6.74. The third-order valence-electron chi connectivity index (χ3n) is 23.7. The molecule has 6 fully saturated rings. The molecule has 16 unspecified atom stereocenters. The van der Waals surface area contributed by atoms with Crippen molar-refractivity contribution in [1.82, 2.24) is 0 Å². The Morgan fingerprint density at radius 3 is 1.19 bits per heavy atom. The summed E-state index contributed by atoms with van der Waals surface area (Å²) in [4.78, 5) is 104. The van der Waals surface area contributed by atoms with Crippen LogP contribution >= 0.6 is 0 Å². The highest BCUT2D eigenvalue weighted by atomic mass is 28.4. The highest BCUT2D eigenvalue weighted by Gasteiger charge is 2.81. The molecule has 2 aromatic rings. The zero-order valence-corrected chi connectivity index (χ0v) is 60.1. The number of benzene rings is 2. The van der Waals surface area contributed by atoms with Gasteiger partial charge in [0.25, 0.3) is 0 Å². The van der Waals surface area contributed by atoms with Crippen LogP contribution in [-0.2, 0) is 80.6 Å². The summed E-state index contributed by atoms with van der Waals surface area (Å²) in [6, 6.07) is 16.4. The summed E-state index contributed by atoms with van der Waals surface area (Å²) in [6.07, 6.45) is -15.5. The number of aliphatic hydroxyl groups is 5. The minimum absolute atomic E-state index is 0.0700. The van der Waals surface area contributed by atoms with Crippen molar-refractivity contribution in [3.63, 3.8) is 0 Å². The van der Waals surface area contributed by atoms with E-state index in [9.17, 15) is 63.9 Å². The van der Waals surface area contributed by atoms with E-state index in [2.05, 4.69) is 33.9 Å². The second-order valence-electron chi connectivity index (χ2n) is 31.0. The first-order chi connectivity index (χ1) is 44.8. The molecule has 0 aromatic heterocycles. The molecule has 0 radical (unpaired) electrons. The molecule has 534 valence electrons. The highest BCUT2D eigenvalue weighted by Crippen LogP contribution is 2.68. The van der Waals surface area contributed by atoms with Crippen molar-refractivity contribution in [3.8, 4) is 0 Å². The lowest BCUT2D eigenvalue weighted by Gasteiger charge is -2.70. The largest absolute Gasteiger partial charge is 0.458 e. The number of rotatable bonds is 12. The Balaban J connectivity index is 0.000000230. The van der Waals surface area contributed by atoms with Crippen LogP contribution in [0.4, 0.5) is 0 Å². The maximum Gasteiger partial charge on any atom is 0.338 e. The summed E-state index contributed by atoms with van der Waals surface area (Å²) >= 11 is 0. The van der Waals surface area contributed by atoms with E-state index >= 15 is 0 Å². The molecule has 2 saturated heterocycles. The smallest absolute Gasteiger partial charge is 0.338 e. The van der Waals surface area contributed by atoms with Crippen LogP contribution in [0.2, 0.25) is 18.1 Å². The predicted octanol–water partition coefficient (Wildman–Crippen LogP) is 7.06. The molecule has 4 bridgehead atoms. The summed E-state index contributed by atoms with van der Waals surface area (Å²) in [7, 11) is -2.66. The van der Waals surface area contributed by atoms with E-state index in [0.29, 0.717) is 16.7 Å². The Kier molecular flexibility index (Phi) is 20.0. The summed E-state index contributed by atoms with van der Waals surface area (Å²) < 4.78 is 67.7. The van der Waals surface area contributed by atoms with Crippen molar-refractivity contribution in [2.75, 3.05) is 13.2 Å². The van der Waals surface area contributed by atoms with Gasteiger partial charge in [0.05, 0.1) is 48.4 Å². The molecule has 0 amide bonds. The number of hydrogen-bond acceptors (Lipinski definition) is 24. The molecule has 6 aliphatic carbocycles. The van der Waals surface area contributed by atoms with Crippen molar-refractivity contribution in [2.45, 2.75) is 257 Å². The minimum Gasteiger partial charge on any atom is -0.458 e. The molecule has 0 spiro atoms. The number of aliphatic hydroxyl groups excluding tert-OH is 3. The quantitative estimate of drug-likeness (QED) is 0.0614. The van der Waals surface area contributed by atoms with Gasteiger partial charge in [0.2, 0.25) is 0 Å². The van der Waals surface area contributed by atoms with E-state index in [1.54, 1.807) is 104 Å². The van der Waals surface area contributed by atoms with Gasteiger partial charge in [-0.3, -0.25) is 28.8 Å². The Hall–Kier alpha value is -6.42. The fourth-order valence-corrected chi connectivity index (χ4v) is 19.0. The lowest BCUT2D eigenvalue weighted by molar-refractivity contribution is -0.365. The third kappa shape index (κ3) is 12.2. The van der Waals surface area contributed by atoms with Crippen molar-refractivity contribution in [2.24, 2.45) is 33.5 Å². The molecular formula is C72H98O24Si. The molecule has 8 aliphatic rings. The standard InChI is InChI=1S/C39H56O12Si.C33H42O12/c1-21-26(47-22(2)40)19-39(45)33(49-34(44)25-16-14-13-15-17-25)31-37(10,32(43)30(48-23(3)41)29(21)36(39,8)9)27(51-52(11,12)35(5,6)7)18-28-38(31,20-46-28)50-24(4)42;1-16-21(42-17(2)34)14-33(40)28(44-29(39)20-11-9-8-10-12-20)26-31(7,22(37)13-23-32(26,15-41-23)45-19(4)36)27(38)25(43-18(3)35)24(16)30(33,5)6/h13-17,26-28,30-33,43,45H,18-20H2,1-12H3;8-12,21-23,25-28,37-38,40H,13-15H2,1-7H3/t26?,27?,28?,30?,31?,32?,33?,37-,38+,39?;21?,22?,23?,25?,26?,27?,28?,31-,32+,33?/m11/s1. The van der Waals surface area contributed by atoms with E-state index in [-0.39, 0.29) is 60.6 Å². The Morgan fingerprint density at radius 2 is 0.856 bits per heavy atom. The maximum absolute atomic E-state index is 14.3. The predicted molar refractivity (Wildman–Crippen MR) is 347 cm³/mol. The lowest BCUT2D eigenvalue weighted by atomic mass is 9.44. The first-order valence-electron chi connectivity index (χ1n) is 33.2. The molecule has 5 N–H and O–H groups in total. The van der Waals surface area contributed by atoms with E-state index < -0.39 is 185 Å². The Labute approximate surface area is 567 Å². The number of fused-ring (bicyclic) bond motifs is 10. The molecule has 2 heterocycles. The molecule has 2 aliphatic heterocycles. The molecule has 24 nitrogen and oxygen atoms in total. The molecular weight excluding hydrogens is 1280 g/mol. The first-order valence-corrected chi connectivity index (χ1v) is 36.1. The third-order valence-corrected chi connectivity index (χ3v) is 28.2. The van der Waals surface area contributed by atoms with Crippen LogP contribution in [0.3, 0.4) is 0 Å². The van der Waals surface area contributed by atoms with Gasteiger partial charge in [-0.15, -0.1) is 0 Å². The Morgan fingerprint density at radius 1 is 0.505 bits per heavy atom. The summed E-state index contributed by atoms with van der Waals surface area (Å²) in [5, 5.41) is 63.8. The fraction of sp³-hybridized carbons (Fsp3) is 0.667. The van der Waals surface area contributed by atoms with E-state index in [0.717, 1.165) is 0 Å². The number of carbonyl (C=O) groups excluding carboxylic acids is 8. The topological polar surface area (TPSA) is 339 Å². The minimum atomic E-state index is -2.66. The molecule has 20 atom stereocenters. The van der Waals surface area contributed by atoms with Crippen LogP contribution in [0.1, 0.15) is 164 Å². The van der Waals surface area contributed by atoms with E-state index in [1.807, 2.05) is 0 Å². The van der Waals surface area contributed by atoms with Crippen molar-refractivity contribution >= 4 is 56.1 Å². The van der Waals surface area contributed by atoms with Gasteiger partial charge < -0.3 is 77.3 Å². The van der Waals surface area contributed by atoms with Gasteiger partial charge in [-0.05, 0) is 78.5 Å². The number of esters is 8. The fourth-order valence-electron chi connectivity index (χ4n) is 17.6. The van der Waals surface area contributed by atoms with Crippen LogP contribution in [0.15, 0.2) is 83.0 Å². The second-order valence-corrected chi connectivity index (χ2v) is 35.7. The van der Waals surface area contributed by atoms with Gasteiger partial charge in [-0.25, -0.2) is 9.59 Å². The van der Waals surface area contributed by atoms with Gasteiger partial charge in [0.15, 0.2) is 31.7 Å². The first kappa shape index (κ1) is 74.8. The van der Waals surface area contributed by atoms with Gasteiger partial charge in [0, 0.05) is 88.9 Å². The SMILES string of the molecule is CC(=O)OC1CC2(O)C(OC(=O)c3ccccc3)C3[C@]4(OC(C)=O)COC4CC(O)[C@@]3(C)C(O)C(OC(C)=O)C(=C1C)C2(C)C.CC(=O)OC1CC2(O)C(OC(=O)c3ccccc3)C3[C@]4(OC(C)=O)COC4CC(O[Si](C)(C)C(C)(C)C)[C@@]3(C)C(O)C(OC(C)=O)C(=C1C)C2(C)C. The molecule has 10 rings (SSSR count). The molecule has 4 saturated carbocycles. The van der Waals surface area contributed by atoms with Crippen LogP contribution in [0.25, 0.3) is 0 Å². The van der Waals surface area contributed by atoms with Gasteiger partial charge >= 0.3 is 47.8 Å². The van der Waals surface area contributed by atoms with Crippen LogP contribution in [0.5, 0.6) is 0 Å². The second kappa shape index (κ2) is 25.9. The monoisotopic (exact) mass is 1370 g/mol. The number of ether oxygens (including phenoxy) is 10. The zero-order valence-electron chi connectivity index (χ0n) is 59.1. The van der Waals surface area contributed by atoms with Crippen molar-refractivity contribution in [3.05, 3.63) is 94.1 Å². The van der Waals surface area contributed by atoms with Gasteiger partial charge in [-0.1, -0.05) is 98.7 Å². The number of carbonyl (C=O) groups is 8. The normalized spacial score (nSPS) is 38.3. The molecule has 2 aromatic carbocycles. The van der Waals surface area contributed by atoms with E-state index in [4.69, 9.17) is 51.8 Å². The average Bonchev–Trinajstić information content (AvgIpc) is 0.674. The maximum atomic E-state index is 14.3. The van der Waals surface area contributed by atoms with Crippen molar-refractivity contribution < 1.29 is 116 Å². The van der Waals surface area contributed by atoms with Crippen LogP contribution < -0.4 is 0 Å².